The highest BCUT2D eigenvalue weighted by Crippen LogP contribution is 2.23. The van der Waals surface area contributed by atoms with E-state index in [1.807, 2.05) is 24.3 Å². The van der Waals surface area contributed by atoms with Gasteiger partial charge in [-0.2, -0.15) is 0 Å². The van der Waals surface area contributed by atoms with Gasteiger partial charge in [-0.25, -0.2) is 0 Å². The number of nitrogens with one attached hydrogen (secondary N) is 1. The van der Waals surface area contributed by atoms with E-state index in [0.29, 0.717) is 0 Å². The Balaban J connectivity index is 2.96. The van der Waals surface area contributed by atoms with Crippen molar-refractivity contribution < 1.29 is 4.74 Å². The third-order valence-corrected chi connectivity index (χ3v) is 1.79. The molecule has 0 aliphatic carbocycles. The standard InChI is InChI=1S/C7H8INO/c1-10-7-5-3-2-4-6(7)9-8/h2-5,9H,1H3. The van der Waals surface area contributed by atoms with Crippen molar-refractivity contribution in [3.63, 3.8) is 0 Å². The van der Waals surface area contributed by atoms with Crippen LogP contribution in [0.4, 0.5) is 5.69 Å². The summed E-state index contributed by atoms with van der Waals surface area (Å²) in [5.41, 5.74) is 1.01. The largest absolute Gasteiger partial charge is 0.495 e. The Kier molecular flexibility index (Phi) is 2.80. The zero-order valence-corrected chi connectivity index (χ0v) is 7.75. The zero-order valence-electron chi connectivity index (χ0n) is 5.60. The lowest BCUT2D eigenvalue weighted by molar-refractivity contribution is 0.417. The van der Waals surface area contributed by atoms with Gasteiger partial charge < -0.3 is 8.27 Å². The van der Waals surface area contributed by atoms with Crippen LogP contribution >= 0.6 is 22.9 Å². The number of benzene rings is 1. The number of anilines is 1. The van der Waals surface area contributed by atoms with Gasteiger partial charge in [-0.05, 0) is 12.1 Å². The Bertz CT molecular complexity index is 192. The van der Waals surface area contributed by atoms with Crippen molar-refractivity contribution >= 4 is 28.6 Å². The third kappa shape index (κ3) is 1.53. The van der Waals surface area contributed by atoms with Crippen molar-refractivity contribution in [3.05, 3.63) is 24.3 Å². The molecule has 2 nitrogen and oxygen atoms in total. The van der Waals surface area contributed by atoms with Crippen LogP contribution in [0.25, 0.3) is 0 Å². The molecule has 0 heterocycles. The fraction of sp³-hybridized carbons (Fsp3) is 0.143. The summed E-state index contributed by atoms with van der Waals surface area (Å²) in [5, 5.41) is 0. The first-order valence-electron chi connectivity index (χ1n) is 2.88. The van der Waals surface area contributed by atoms with E-state index < -0.39 is 0 Å². The monoisotopic (exact) mass is 249 g/mol. The Morgan fingerprint density at radius 2 is 2.10 bits per heavy atom. The van der Waals surface area contributed by atoms with E-state index in [-0.39, 0.29) is 0 Å². The minimum Gasteiger partial charge on any atom is -0.495 e. The number of hydrogen-bond donors (Lipinski definition) is 1. The quantitative estimate of drug-likeness (QED) is 0.642. The second-order valence-corrected chi connectivity index (χ2v) is 2.33. The van der Waals surface area contributed by atoms with Crippen LogP contribution in [0.1, 0.15) is 0 Å². The van der Waals surface area contributed by atoms with Crippen molar-refractivity contribution in [2.24, 2.45) is 0 Å². The molecule has 0 fully saturated rings. The molecule has 1 N–H and O–H groups in total. The number of methoxy groups -OCH3 is 1. The molecule has 3 heteroatoms. The molecule has 1 rings (SSSR count). The Hall–Kier alpha value is -0.450. The lowest BCUT2D eigenvalue weighted by Crippen LogP contribution is -1.87. The van der Waals surface area contributed by atoms with Gasteiger partial charge >= 0.3 is 0 Å². The predicted octanol–water partition coefficient (Wildman–Crippen LogP) is 2.46. The van der Waals surface area contributed by atoms with Gasteiger partial charge in [-0.3, -0.25) is 0 Å². The van der Waals surface area contributed by atoms with Crippen molar-refractivity contribution in [1.29, 1.82) is 0 Å². The number of rotatable bonds is 2. The number of ether oxygens (including phenoxy) is 1. The van der Waals surface area contributed by atoms with Gasteiger partial charge in [0.1, 0.15) is 5.75 Å². The van der Waals surface area contributed by atoms with Crippen LogP contribution in [0, 0.1) is 0 Å². The molecule has 1 aromatic carbocycles. The molecule has 54 valence electrons. The molecule has 0 bridgehead atoms. The molecule has 0 spiro atoms. The third-order valence-electron chi connectivity index (χ3n) is 1.21. The lowest BCUT2D eigenvalue weighted by Gasteiger charge is -2.04. The SMILES string of the molecule is COc1ccccc1NI. The van der Waals surface area contributed by atoms with Crippen LogP contribution in [0.2, 0.25) is 0 Å². The maximum Gasteiger partial charge on any atom is 0.142 e. The van der Waals surface area contributed by atoms with Gasteiger partial charge in [0, 0.05) is 0 Å². The molecule has 0 amide bonds. The van der Waals surface area contributed by atoms with Gasteiger partial charge in [0.2, 0.25) is 0 Å². The number of para-hydroxylation sites is 2. The predicted molar refractivity (Wildman–Crippen MR) is 50.6 cm³/mol. The van der Waals surface area contributed by atoms with Crippen LogP contribution in [-0.4, -0.2) is 7.11 Å². The Labute approximate surface area is 74.1 Å². The van der Waals surface area contributed by atoms with E-state index in [4.69, 9.17) is 4.74 Å². The van der Waals surface area contributed by atoms with Gasteiger partial charge in [-0.1, -0.05) is 12.1 Å². The molecule has 1 aromatic rings. The zero-order chi connectivity index (χ0) is 7.40. The molecule has 0 aromatic heterocycles. The summed E-state index contributed by atoms with van der Waals surface area (Å²) in [7, 11) is 1.66. The van der Waals surface area contributed by atoms with Crippen molar-refractivity contribution in [2.75, 3.05) is 10.6 Å². The van der Waals surface area contributed by atoms with Gasteiger partial charge in [0.05, 0.1) is 35.7 Å². The fourth-order valence-electron chi connectivity index (χ4n) is 0.723. The highest BCUT2D eigenvalue weighted by Gasteiger charge is 1.95. The summed E-state index contributed by atoms with van der Waals surface area (Å²) < 4.78 is 8.06. The van der Waals surface area contributed by atoms with Gasteiger partial charge in [0.25, 0.3) is 0 Å². The Morgan fingerprint density at radius 1 is 1.40 bits per heavy atom. The topological polar surface area (TPSA) is 21.3 Å². The highest BCUT2D eigenvalue weighted by atomic mass is 127. The molecule has 0 atom stereocenters. The Morgan fingerprint density at radius 3 is 2.60 bits per heavy atom. The summed E-state index contributed by atoms with van der Waals surface area (Å²) in [4.78, 5) is 0. The number of halogens is 1. The molecule has 0 radical (unpaired) electrons. The molecule has 0 aliphatic rings. The minimum atomic E-state index is 0.872. The second-order valence-electron chi connectivity index (χ2n) is 1.79. The molecule has 0 saturated heterocycles. The molecule has 10 heavy (non-hydrogen) atoms. The second kappa shape index (κ2) is 3.65. The lowest BCUT2D eigenvalue weighted by atomic mass is 10.3. The van der Waals surface area contributed by atoms with Crippen LogP contribution in [-0.2, 0) is 0 Å². The molecular formula is C7H8INO. The first-order valence-corrected chi connectivity index (χ1v) is 3.96. The van der Waals surface area contributed by atoms with Crippen LogP contribution < -0.4 is 8.27 Å². The fourth-order valence-corrected chi connectivity index (χ4v) is 1.17. The first kappa shape index (κ1) is 7.65. The van der Waals surface area contributed by atoms with Crippen LogP contribution in [0.15, 0.2) is 24.3 Å². The summed E-state index contributed by atoms with van der Waals surface area (Å²) in [6.07, 6.45) is 0. The first-order chi connectivity index (χ1) is 4.88. The van der Waals surface area contributed by atoms with Crippen molar-refractivity contribution in [2.45, 2.75) is 0 Å². The van der Waals surface area contributed by atoms with Crippen LogP contribution in [0.3, 0.4) is 0 Å². The molecular weight excluding hydrogens is 241 g/mol. The molecule has 0 aliphatic heterocycles. The van der Waals surface area contributed by atoms with E-state index in [1.54, 1.807) is 7.11 Å². The molecule has 0 saturated carbocycles. The van der Waals surface area contributed by atoms with E-state index in [2.05, 4.69) is 26.4 Å². The summed E-state index contributed by atoms with van der Waals surface area (Å²) >= 11 is 2.07. The smallest absolute Gasteiger partial charge is 0.142 e. The van der Waals surface area contributed by atoms with E-state index >= 15 is 0 Å². The minimum absolute atomic E-state index is 0.872. The number of hydrogen-bond acceptors (Lipinski definition) is 2. The maximum absolute atomic E-state index is 5.07. The van der Waals surface area contributed by atoms with E-state index in [0.717, 1.165) is 11.4 Å². The molecule has 0 unspecified atom stereocenters. The average Bonchev–Trinajstić information content (AvgIpc) is 2.04. The van der Waals surface area contributed by atoms with Crippen LogP contribution in [0.5, 0.6) is 5.75 Å². The van der Waals surface area contributed by atoms with E-state index in [1.165, 1.54) is 0 Å². The van der Waals surface area contributed by atoms with Crippen molar-refractivity contribution in [1.82, 2.24) is 0 Å². The summed E-state index contributed by atoms with van der Waals surface area (Å²) in [6.45, 7) is 0. The average molecular weight is 249 g/mol. The summed E-state index contributed by atoms with van der Waals surface area (Å²) in [6, 6.07) is 7.78. The summed E-state index contributed by atoms with van der Waals surface area (Å²) in [5.74, 6) is 0.872. The van der Waals surface area contributed by atoms with Crippen molar-refractivity contribution in [3.8, 4) is 5.75 Å². The maximum atomic E-state index is 5.07. The van der Waals surface area contributed by atoms with Gasteiger partial charge in [0.15, 0.2) is 0 Å². The normalized spacial score (nSPS) is 9.00. The van der Waals surface area contributed by atoms with Gasteiger partial charge in [-0.15, -0.1) is 0 Å². The van der Waals surface area contributed by atoms with E-state index in [9.17, 15) is 0 Å². The highest BCUT2D eigenvalue weighted by molar-refractivity contribution is 14.1.